The van der Waals surface area contributed by atoms with Crippen LogP contribution in [0, 0.1) is 0 Å². The van der Waals surface area contributed by atoms with Crippen molar-refractivity contribution in [1.29, 1.82) is 0 Å². The summed E-state index contributed by atoms with van der Waals surface area (Å²) in [5.74, 6) is -0.515. The number of anilines is 1. The standard InChI is InChI=1S/C13H17NO2S3/c1-8(15)14(9(2)16)10-6-12(18-4)13(19-5)7-11(10)17-3/h6-7H,1-5H3. The molecular formula is C13H17NO2S3. The van der Waals surface area contributed by atoms with Gasteiger partial charge in [0.1, 0.15) is 0 Å². The molecule has 0 fully saturated rings. The molecule has 1 aromatic carbocycles. The minimum absolute atomic E-state index is 0.258. The SMILES string of the molecule is CSc1cc(SC)c(N(C(C)=O)C(C)=O)cc1SC. The highest BCUT2D eigenvalue weighted by molar-refractivity contribution is 8.01. The van der Waals surface area contributed by atoms with Crippen LogP contribution in [0.5, 0.6) is 0 Å². The zero-order chi connectivity index (χ0) is 14.6. The van der Waals surface area contributed by atoms with Gasteiger partial charge in [0.05, 0.1) is 5.69 Å². The van der Waals surface area contributed by atoms with Crippen molar-refractivity contribution in [2.45, 2.75) is 28.5 Å². The Hall–Kier alpha value is -0.590. The molecule has 0 aliphatic carbocycles. The molecule has 0 spiro atoms. The van der Waals surface area contributed by atoms with Gasteiger partial charge in [-0.3, -0.25) is 9.59 Å². The van der Waals surface area contributed by atoms with Gasteiger partial charge in [-0.25, -0.2) is 4.90 Å². The van der Waals surface area contributed by atoms with Crippen LogP contribution >= 0.6 is 35.3 Å². The van der Waals surface area contributed by atoms with Gasteiger partial charge in [0, 0.05) is 28.5 Å². The number of hydrogen-bond donors (Lipinski definition) is 0. The minimum atomic E-state index is -0.258. The molecule has 0 aliphatic heterocycles. The van der Waals surface area contributed by atoms with E-state index in [0.29, 0.717) is 5.69 Å². The molecule has 19 heavy (non-hydrogen) atoms. The molecule has 6 heteroatoms. The molecular weight excluding hydrogens is 298 g/mol. The highest BCUT2D eigenvalue weighted by Gasteiger charge is 2.21. The predicted molar refractivity (Wildman–Crippen MR) is 85.6 cm³/mol. The van der Waals surface area contributed by atoms with Crippen LogP contribution in [0.15, 0.2) is 26.8 Å². The molecule has 0 unspecified atom stereocenters. The molecule has 0 heterocycles. The lowest BCUT2D eigenvalue weighted by Crippen LogP contribution is -2.33. The normalized spacial score (nSPS) is 10.4. The molecule has 0 N–H and O–H groups in total. The summed E-state index contributed by atoms with van der Waals surface area (Å²) in [5, 5.41) is 0. The summed E-state index contributed by atoms with van der Waals surface area (Å²) in [6.45, 7) is 2.82. The van der Waals surface area contributed by atoms with Crippen molar-refractivity contribution in [3.8, 4) is 0 Å². The molecule has 0 aliphatic rings. The first-order valence-electron chi connectivity index (χ1n) is 5.57. The van der Waals surface area contributed by atoms with Gasteiger partial charge in [-0.1, -0.05) is 0 Å². The summed E-state index contributed by atoms with van der Waals surface area (Å²) in [4.78, 5) is 27.8. The van der Waals surface area contributed by atoms with Gasteiger partial charge in [-0.15, -0.1) is 35.3 Å². The lowest BCUT2D eigenvalue weighted by Gasteiger charge is -2.22. The van der Waals surface area contributed by atoms with Crippen LogP contribution in [0.25, 0.3) is 0 Å². The van der Waals surface area contributed by atoms with E-state index in [-0.39, 0.29) is 11.8 Å². The monoisotopic (exact) mass is 315 g/mol. The van der Waals surface area contributed by atoms with Gasteiger partial charge in [0.25, 0.3) is 0 Å². The molecule has 0 aromatic heterocycles. The van der Waals surface area contributed by atoms with E-state index < -0.39 is 0 Å². The number of benzene rings is 1. The predicted octanol–water partition coefficient (Wildman–Crippen LogP) is 3.75. The maximum atomic E-state index is 11.7. The molecule has 2 amide bonds. The second-order valence-electron chi connectivity index (χ2n) is 3.75. The summed E-state index contributed by atoms with van der Waals surface area (Å²) < 4.78 is 0. The van der Waals surface area contributed by atoms with Gasteiger partial charge in [0.15, 0.2) is 0 Å². The molecule has 0 radical (unpaired) electrons. The number of nitrogens with zero attached hydrogens (tertiary/aromatic N) is 1. The maximum Gasteiger partial charge on any atom is 0.230 e. The van der Waals surface area contributed by atoms with Gasteiger partial charge in [-0.2, -0.15) is 0 Å². The molecule has 0 atom stereocenters. The van der Waals surface area contributed by atoms with E-state index in [9.17, 15) is 9.59 Å². The van der Waals surface area contributed by atoms with Gasteiger partial charge < -0.3 is 0 Å². The van der Waals surface area contributed by atoms with E-state index in [0.717, 1.165) is 14.7 Å². The van der Waals surface area contributed by atoms with Crippen LogP contribution in [-0.2, 0) is 9.59 Å². The molecule has 104 valence electrons. The first-order chi connectivity index (χ1) is 8.96. The summed E-state index contributed by atoms with van der Waals surface area (Å²) >= 11 is 4.82. The summed E-state index contributed by atoms with van der Waals surface area (Å²) in [7, 11) is 0. The van der Waals surface area contributed by atoms with Gasteiger partial charge in [0.2, 0.25) is 11.8 Å². The molecule has 1 rings (SSSR count). The Morgan fingerprint density at radius 3 is 1.63 bits per heavy atom. The lowest BCUT2D eigenvalue weighted by molar-refractivity contribution is -0.124. The molecule has 0 bridgehead atoms. The van der Waals surface area contributed by atoms with Crippen molar-refractivity contribution in [2.75, 3.05) is 23.7 Å². The van der Waals surface area contributed by atoms with E-state index in [1.54, 1.807) is 23.5 Å². The molecule has 3 nitrogen and oxygen atoms in total. The Balaban J connectivity index is 3.47. The summed E-state index contributed by atoms with van der Waals surface area (Å²) in [6, 6.07) is 3.96. The van der Waals surface area contributed by atoms with Gasteiger partial charge >= 0.3 is 0 Å². The van der Waals surface area contributed by atoms with Crippen LogP contribution in [0.1, 0.15) is 13.8 Å². The topological polar surface area (TPSA) is 37.4 Å². The quantitative estimate of drug-likeness (QED) is 0.791. The third kappa shape index (κ3) is 3.70. The van der Waals surface area contributed by atoms with Crippen LogP contribution in [0.3, 0.4) is 0 Å². The van der Waals surface area contributed by atoms with Crippen molar-refractivity contribution in [2.24, 2.45) is 0 Å². The number of carbonyl (C=O) groups is 2. The first-order valence-corrected chi connectivity index (χ1v) is 9.25. The van der Waals surface area contributed by atoms with Crippen molar-refractivity contribution in [3.05, 3.63) is 12.1 Å². The number of amides is 2. The summed E-state index contributed by atoms with van der Waals surface area (Å²) in [6.07, 6.45) is 5.95. The van der Waals surface area contributed by atoms with E-state index >= 15 is 0 Å². The van der Waals surface area contributed by atoms with Crippen molar-refractivity contribution in [3.63, 3.8) is 0 Å². The van der Waals surface area contributed by atoms with E-state index in [1.165, 1.54) is 30.5 Å². The number of rotatable bonds is 4. The molecule has 1 aromatic rings. The second-order valence-corrected chi connectivity index (χ2v) is 6.30. The van der Waals surface area contributed by atoms with Crippen LogP contribution in [0.4, 0.5) is 5.69 Å². The Morgan fingerprint density at radius 2 is 1.26 bits per heavy atom. The number of carbonyl (C=O) groups excluding carboxylic acids is 2. The average Bonchev–Trinajstić information content (AvgIpc) is 2.37. The fourth-order valence-corrected chi connectivity index (χ4v) is 3.90. The Bertz CT molecular complexity index is 489. The third-order valence-electron chi connectivity index (χ3n) is 2.56. The minimum Gasteiger partial charge on any atom is -0.274 e. The van der Waals surface area contributed by atoms with Crippen molar-refractivity contribution < 1.29 is 9.59 Å². The Labute approximate surface area is 126 Å². The zero-order valence-electron chi connectivity index (χ0n) is 11.6. The van der Waals surface area contributed by atoms with E-state index in [1.807, 2.05) is 30.9 Å². The van der Waals surface area contributed by atoms with Crippen LogP contribution in [-0.4, -0.2) is 30.6 Å². The third-order valence-corrected chi connectivity index (χ3v) is 5.01. The maximum absolute atomic E-state index is 11.7. The smallest absolute Gasteiger partial charge is 0.230 e. The second kappa shape index (κ2) is 7.26. The number of thioether (sulfide) groups is 3. The highest BCUT2D eigenvalue weighted by Crippen LogP contribution is 2.38. The Kier molecular flexibility index (Phi) is 6.29. The zero-order valence-corrected chi connectivity index (χ0v) is 14.1. The van der Waals surface area contributed by atoms with E-state index in [2.05, 4.69) is 0 Å². The first kappa shape index (κ1) is 16.5. The van der Waals surface area contributed by atoms with Crippen LogP contribution in [0.2, 0.25) is 0 Å². The molecule has 0 saturated heterocycles. The fourth-order valence-electron chi connectivity index (χ4n) is 1.75. The van der Waals surface area contributed by atoms with Crippen molar-refractivity contribution >= 4 is 52.8 Å². The van der Waals surface area contributed by atoms with Crippen molar-refractivity contribution in [1.82, 2.24) is 0 Å². The number of hydrogen-bond acceptors (Lipinski definition) is 5. The largest absolute Gasteiger partial charge is 0.274 e. The summed E-state index contributed by atoms with van der Waals surface area (Å²) in [5.41, 5.74) is 0.676. The fraction of sp³-hybridized carbons (Fsp3) is 0.385. The molecule has 0 saturated carbocycles. The van der Waals surface area contributed by atoms with E-state index in [4.69, 9.17) is 0 Å². The number of imide groups is 1. The lowest BCUT2D eigenvalue weighted by atomic mass is 10.2. The highest BCUT2D eigenvalue weighted by atomic mass is 32.2. The Morgan fingerprint density at radius 1 is 0.842 bits per heavy atom. The van der Waals surface area contributed by atoms with Crippen LogP contribution < -0.4 is 4.90 Å². The van der Waals surface area contributed by atoms with Gasteiger partial charge in [-0.05, 0) is 30.9 Å². The average molecular weight is 315 g/mol.